The van der Waals surface area contributed by atoms with Crippen LogP contribution in [0, 0.1) is 0 Å². The van der Waals surface area contributed by atoms with Gasteiger partial charge in [0.15, 0.2) is 0 Å². The van der Waals surface area contributed by atoms with E-state index in [1.165, 1.54) is 0 Å². The number of nitrogens with one attached hydrogen (secondary N) is 1. The van der Waals surface area contributed by atoms with Crippen LogP contribution in [0.15, 0.2) is 18.2 Å². The first-order valence-electron chi connectivity index (χ1n) is 5.00. The number of nitrogen functional groups attached to an aromatic ring is 1. The van der Waals surface area contributed by atoms with E-state index in [0.29, 0.717) is 12.1 Å². The van der Waals surface area contributed by atoms with Gasteiger partial charge in [-0.05, 0) is 25.1 Å². The second-order valence-corrected chi connectivity index (χ2v) is 3.98. The Kier molecular flexibility index (Phi) is 2.26. The van der Waals surface area contributed by atoms with Gasteiger partial charge in [0.05, 0.1) is 11.4 Å². The van der Waals surface area contributed by atoms with Crippen molar-refractivity contribution in [3.05, 3.63) is 18.2 Å². The van der Waals surface area contributed by atoms with Crippen molar-refractivity contribution in [2.24, 2.45) is 0 Å². The normalized spacial score (nSPS) is 20.5. The molecule has 1 aromatic carbocycles. The Hall–Kier alpha value is -1.71. The highest BCUT2D eigenvalue weighted by atomic mass is 16.2. The number of nitrogens with zero attached hydrogens (tertiary/aromatic N) is 1. The van der Waals surface area contributed by atoms with Gasteiger partial charge in [0.1, 0.15) is 0 Å². The molecular formula is C11H15N3O. The predicted octanol–water partition coefficient (Wildman–Crippen LogP) is 1.44. The highest BCUT2D eigenvalue weighted by Gasteiger charge is 2.22. The molecule has 1 aliphatic heterocycles. The molecule has 1 unspecified atom stereocenters. The lowest BCUT2D eigenvalue weighted by Gasteiger charge is -2.17. The van der Waals surface area contributed by atoms with Crippen molar-refractivity contribution in [3.63, 3.8) is 0 Å². The SMILES string of the molecule is CC1CC(=O)N(C)c2ccc(N)cc2N1. The van der Waals surface area contributed by atoms with E-state index < -0.39 is 0 Å². The minimum absolute atomic E-state index is 0.124. The lowest BCUT2D eigenvalue weighted by molar-refractivity contribution is -0.118. The van der Waals surface area contributed by atoms with Crippen molar-refractivity contribution in [3.8, 4) is 0 Å². The molecule has 1 atom stereocenters. The molecule has 4 nitrogen and oxygen atoms in total. The van der Waals surface area contributed by atoms with E-state index in [2.05, 4.69) is 5.32 Å². The second kappa shape index (κ2) is 3.46. The topological polar surface area (TPSA) is 58.4 Å². The van der Waals surface area contributed by atoms with Gasteiger partial charge in [-0.1, -0.05) is 0 Å². The molecule has 1 heterocycles. The van der Waals surface area contributed by atoms with Gasteiger partial charge in [-0.3, -0.25) is 4.79 Å². The van der Waals surface area contributed by atoms with Crippen molar-refractivity contribution in [2.75, 3.05) is 23.0 Å². The van der Waals surface area contributed by atoms with Gasteiger partial charge in [-0.2, -0.15) is 0 Å². The van der Waals surface area contributed by atoms with Crippen molar-refractivity contribution in [2.45, 2.75) is 19.4 Å². The summed E-state index contributed by atoms with van der Waals surface area (Å²) in [6, 6.07) is 5.68. The number of rotatable bonds is 0. The molecular weight excluding hydrogens is 190 g/mol. The molecule has 4 heteroatoms. The van der Waals surface area contributed by atoms with Crippen LogP contribution in [0.1, 0.15) is 13.3 Å². The van der Waals surface area contributed by atoms with Gasteiger partial charge in [0, 0.05) is 25.2 Å². The van der Waals surface area contributed by atoms with Crippen LogP contribution in [0.3, 0.4) is 0 Å². The second-order valence-electron chi connectivity index (χ2n) is 3.98. The minimum Gasteiger partial charge on any atom is -0.399 e. The summed E-state index contributed by atoms with van der Waals surface area (Å²) >= 11 is 0. The molecule has 0 saturated carbocycles. The van der Waals surface area contributed by atoms with Gasteiger partial charge in [-0.15, -0.1) is 0 Å². The highest BCUT2D eigenvalue weighted by molar-refractivity contribution is 5.98. The molecule has 1 aromatic rings. The van der Waals surface area contributed by atoms with Crippen LogP contribution in [0.4, 0.5) is 17.1 Å². The maximum Gasteiger partial charge on any atom is 0.228 e. The summed E-state index contributed by atoms with van der Waals surface area (Å²) < 4.78 is 0. The van der Waals surface area contributed by atoms with Crippen LogP contribution in [0.5, 0.6) is 0 Å². The Labute approximate surface area is 89.1 Å². The van der Waals surface area contributed by atoms with Crippen molar-refractivity contribution in [1.29, 1.82) is 0 Å². The van der Waals surface area contributed by atoms with Crippen LogP contribution in [-0.2, 0) is 4.79 Å². The van der Waals surface area contributed by atoms with E-state index >= 15 is 0 Å². The zero-order valence-electron chi connectivity index (χ0n) is 8.95. The Bertz CT molecular complexity index is 403. The third-order valence-electron chi connectivity index (χ3n) is 2.64. The molecule has 0 bridgehead atoms. The lowest BCUT2D eigenvalue weighted by atomic mass is 10.2. The van der Waals surface area contributed by atoms with Crippen molar-refractivity contribution >= 4 is 23.0 Å². The lowest BCUT2D eigenvalue weighted by Crippen LogP contribution is -2.27. The fraction of sp³-hybridized carbons (Fsp3) is 0.364. The van der Waals surface area contributed by atoms with Crippen LogP contribution in [-0.4, -0.2) is 19.0 Å². The monoisotopic (exact) mass is 205 g/mol. The quantitative estimate of drug-likeness (QED) is 0.630. The first kappa shape index (κ1) is 9.83. The molecule has 0 spiro atoms. The van der Waals surface area contributed by atoms with Crippen LogP contribution >= 0.6 is 0 Å². The summed E-state index contributed by atoms with van der Waals surface area (Å²) in [7, 11) is 1.79. The number of benzene rings is 1. The average Bonchev–Trinajstić information content (AvgIpc) is 2.25. The molecule has 2 rings (SSSR count). The van der Waals surface area contributed by atoms with Crippen LogP contribution in [0.25, 0.3) is 0 Å². The number of carbonyl (C=O) groups excluding carboxylic acids is 1. The third kappa shape index (κ3) is 1.75. The van der Waals surface area contributed by atoms with Crippen LogP contribution in [0.2, 0.25) is 0 Å². The van der Waals surface area contributed by atoms with Gasteiger partial charge in [-0.25, -0.2) is 0 Å². The van der Waals surface area contributed by atoms with E-state index in [1.54, 1.807) is 18.0 Å². The first-order valence-corrected chi connectivity index (χ1v) is 5.00. The smallest absolute Gasteiger partial charge is 0.228 e. The molecule has 0 saturated heterocycles. The molecule has 0 radical (unpaired) electrons. The maximum absolute atomic E-state index is 11.7. The summed E-state index contributed by atoms with van der Waals surface area (Å²) in [5.41, 5.74) is 8.23. The van der Waals surface area contributed by atoms with E-state index in [-0.39, 0.29) is 11.9 Å². The van der Waals surface area contributed by atoms with Crippen LogP contribution < -0.4 is 16.0 Å². The van der Waals surface area contributed by atoms with Gasteiger partial charge >= 0.3 is 0 Å². The molecule has 1 amide bonds. The first-order chi connectivity index (χ1) is 7.08. The largest absolute Gasteiger partial charge is 0.399 e. The number of hydrogen-bond acceptors (Lipinski definition) is 3. The average molecular weight is 205 g/mol. The Morgan fingerprint density at radius 2 is 2.27 bits per heavy atom. The number of nitrogens with two attached hydrogens (primary N) is 1. The molecule has 15 heavy (non-hydrogen) atoms. The summed E-state index contributed by atoms with van der Waals surface area (Å²) in [6.07, 6.45) is 0.505. The fourth-order valence-electron chi connectivity index (χ4n) is 1.81. The van der Waals surface area contributed by atoms with Gasteiger partial charge < -0.3 is 16.0 Å². The number of hydrogen-bond donors (Lipinski definition) is 2. The molecule has 3 N–H and O–H groups in total. The number of carbonyl (C=O) groups is 1. The molecule has 1 aliphatic rings. The van der Waals surface area contributed by atoms with Gasteiger partial charge in [0.2, 0.25) is 5.91 Å². The van der Waals surface area contributed by atoms with E-state index in [0.717, 1.165) is 11.4 Å². The number of anilines is 3. The number of fused-ring (bicyclic) bond motifs is 1. The Morgan fingerprint density at radius 3 is 3.00 bits per heavy atom. The fourth-order valence-corrected chi connectivity index (χ4v) is 1.81. The van der Waals surface area contributed by atoms with Crippen molar-refractivity contribution < 1.29 is 4.79 Å². The summed E-state index contributed by atoms with van der Waals surface area (Å²) in [6.45, 7) is 1.99. The highest BCUT2D eigenvalue weighted by Crippen LogP contribution is 2.31. The maximum atomic E-state index is 11.7. The Morgan fingerprint density at radius 1 is 1.53 bits per heavy atom. The zero-order chi connectivity index (χ0) is 11.0. The summed E-state index contributed by atoms with van der Waals surface area (Å²) in [5, 5.41) is 3.28. The molecule has 0 aromatic heterocycles. The van der Waals surface area contributed by atoms with E-state index in [9.17, 15) is 4.79 Å². The van der Waals surface area contributed by atoms with E-state index in [1.807, 2.05) is 19.1 Å². The van der Waals surface area contributed by atoms with Gasteiger partial charge in [0.25, 0.3) is 0 Å². The summed E-state index contributed by atoms with van der Waals surface area (Å²) in [5.74, 6) is 0.124. The third-order valence-corrected chi connectivity index (χ3v) is 2.64. The molecule has 0 aliphatic carbocycles. The standard InChI is InChI=1S/C11H15N3O/c1-7-5-11(15)14(2)10-4-3-8(12)6-9(10)13-7/h3-4,6-7,13H,5,12H2,1-2H3. The van der Waals surface area contributed by atoms with Crippen molar-refractivity contribution in [1.82, 2.24) is 0 Å². The zero-order valence-corrected chi connectivity index (χ0v) is 8.95. The number of amides is 1. The Balaban J connectivity index is 2.49. The summed E-state index contributed by atoms with van der Waals surface area (Å²) in [4.78, 5) is 13.4. The molecule has 0 fully saturated rings. The molecule has 80 valence electrons. The minimum atomic E-state index is 0.124. The van der Waals surface area contributed by atoms with E-state index in [4.69, 9.17) is 5.73 Å². The predicted molar refractivity (Wildman–Crippen MR) is 62.0 cm³/mol.